The van der Waals surface area contributed by atoms with Crippen molar-refractivity contribution in [1.82, 2.24) is 5.32 Å². The summed E-state index contributed by atoms with van der Waals surface area (Å²) >= 11 is 1.33. The van der Waals surface area contributed by atoms with Crippen molar-refractivity contribution in [3.05, 3.63) is 30.1 Å². The summed E-state index contributed by atoms with van der Waals surface area (Å²) in [7, 11) is 0. The van der Waals surface area contributed by atoms with Crippen LogP contribution < -0.4 is 5.32 Å². The van der Waals surface area contributed by atoms with Gasteiger partial charge in [0.25, 0.3) is 0 Å². The number of halogens is 1. The molecule has 0 aromatic heterocycles. The van der Waals surface area contributed by atoms with Crippen LogP contribution in [0.3, 0.4) is 0 Å². The van der Waals surface area contributed by atoms with Gasteiger partial charge in [-0.1, -0.05) is 0 Å². The number of rotatable bonds is 5. The van der Waals surface area contributed by atoms with Gasteiger partial charge in [-0.2, -0.15) is 5.26 Å². The van der Waals surface area contributed by atoms with Crippen LogP contribution in [-0.4, -0.2) is 17.2 Å². The van der Waals surface area contributed by atoms with Crippen LogP contribution in [0, 0.1) is 23.1 Å². The Bertz CT molecular complexity index is 507. The number of amides is 1. The third-order valence-corrected chi connectivity index (χ3v) is 4.22. The minimum Gasteiger partial charge on any atom is -0.337 e. The molecule has 3 nitrogen and oxygen atoms in total. The molecule has 1 saturated carbocycles. The van der Waals surface area contributed by atoms with E-state index in [-0.39, 0.29) is 23.4 Å². The number of benzene rings is 1. The second-order valence-corrected chi connectivity index (χ2v) is 5.93. The van der Waals surface area contributed by atoms with E-state index in [4.69, 9.17) is 5.26 Å². The number of hydrogen-bond donors (Lipinski definition) is 1. The number of nitrogens with one attached hydrogen (secondary N) is 1. The zero-order valence-electron chi connectivity index (χ0n) is 10.6. The molecule has 1 aromatic rings. The second kappa shape index (κ2) is 5.62. The van der Waals surface area contributed by atoms with Crippen LogP contribution >= 0.6 is 11.8 Å². The van der Waals surface area contributed by atoms with E-state index in [1.54, 1.807) is 19.1 Å². The zero-order valence-corrected chi connectivity index (χ0v) is 11.5. The molecule has 1 aliphatic rings. The van der Waals surface area contributed by atoms with E-state index in [0.29, 0.717) is 0 Å². The van der Waals surface area contributed by atoms with E-state index in [9.17, 15) is 9.18 Å². The van der Waals surface area contributed by atoms with Gasteiger partial charge >= 0.3 is 0 Å². The molecule has 5 heteroatoms. The molecule has 1 aliphatic carbocycles. The number of hydrogen-bond acceptors (Lipinski definition) is 3. The van der Waals surface area contributed by atoms with E-state index in [0.717, 1.165) is 17.7 Å². The van der Waals surface area contributed by atoms with Gasteiger partial charge in [-0.05, 0) is 49.9 Å². The van der Waals surface area contributed by atoms with Crippen LogP contribution in [-0.2, 0) is 4.79 Å². The molecular formula is C14H15FN2OS. The Balaban J connectivity index is 1.84. The lowest BCUT2D eigenvalue weighted by atomic mass is 9.98. The Morgan fingerprint density at radius 2 is 2.16 bits per heavy atom. The summed E-state index contributed by atoms with van der Waals surface area (Å²) in [4.78, 5) is 12.7. The fourth-order valence-corrected chi connectivity index (χ4v) is 2.59. The molecule has 2 rings (SSSR count). The SMILES string of the molecule is C[C@](C#N)(NC(=O)CSc1ccc(F)cc1)C1CC1. The van der Waals surface area contributed by atoms with Crippen LogP contribution in [0.2, 0.25) is 0 Å². The molecule has 19 heavy (non-hydrogen) atoms. The first-order valence-electron chi connectivity index (χ1n) is 6.14. The maximum Gasteiger partial charge on any atom is 0.231 e. The first-order chi connectivity index (χ1) is 9.03. The topological polar surface area (TPSA) is 52.9 Å². The molecule has 1 aromatic carbocycles. The lowest BCUT2D eigenvalue weighted by molar-refractivity contribution is -0.119. The van der Waals surface area contributed by atoms with E-state index in [2.05, 4.69) is 11.4 Å². The molecule has 1 fully saturated rings. The summed E-state index contributed by atoms with van der Waals surface area (Å²) in [5, 5.41) is 11.9. The van der Waals surface area contributed by atoms with E-state index >= 15 is 0 Å². The lowest BCUT2D eigenvalue weighted by Crippen LogP contribution is -2.47. The molecule has 0 aliphatic heterocycles. The van der Waals surface area contributed by atoms with Gasteiger partial charge in [0.2, 0.25) is 5.91 Å². The van der Waals surface area contributed by atoms with Gasteiger partial charge in [0.15, 0.2) is 0 Å². The van der Waals surface area contributed by atoms with Gasteiger partial charge in [0.05, 0.1) is 11.8 Å². The summed E-state index contributed by atoms with van der Waals surface area (Å²) < 4.78 is 12.7. The maximum atomic E-state index is 12.7. The van der Waals surface area contributed by atoms with Crippen molar-refractivity contribution in [3.63, 3.8) is 0 Å². The fraction of sp³-hybridized carbons (Fsp3) is 0.429. The van der Waals surface area contributed by atoms with E-state index in [1.165, 1.54) is 23.9 Å². The number of nitrogens with zero attached hydrogens (tertiary/aromatic N) is 1. The fourth-order valence-electron chi connectivity index (χ4n) is 1.89. The largest absolute Gasteiger partial charge is 0.337 e. The maximum absolute atomic E-state index is 12.7. The van der Waals surface area contributed by atoms with Crippen molar-refractivity contribution in [3.8, 4) is 6.07 Å². The Morgan fingerprint density at radius 1 is 1.53 bits per heavy atom. The molecule has 0 heterocycles. The van der Waals surface area contributed by atoms with Crippen molar-refractivity contribution in [2.45, 2.75) is 30.2 Å². The zero-order chi connectivity index (χ0) is 13.9. The molecular weight excluding hydrogens is 263 g/mol. The Morgan fingerprint density at radius 3 is 2.68 bits per heavy atom. The number of nitriles is 1. The average molecular weight is 278 g/mol. The highest BCUT2D eigenvalue weighted by atomic mass is 32.2. The van der Waals surface area contributed by atoms with E-state index in [1.807, 2.05) is 0 Å². The third kappa shape index (κ3) is 3.71. The van der Waals surface area contributed by atoms with Crippen molar-refractivity contribution < 1.29 is 9.18 Å². The third-order valence-electron chi connectivity index (χ3n) is 3.21. The second-order valence-electron chi connectivity index (χ2n) is 4.88. The van der Waals surface area contributed by atoms with Crippen molar-refractivity contribution >= 4 is 17.7 Å². The summed E-state index contributed by atoms with van der Waals surface area (Å²) in [6.45, 7) is 1.77. The molecule has 1 atom stereocenters. The first-order valence-corrected chi connectivity index (χ1v) is 7.13. The molecule has 0 unspecified atom stereocenters. The monoisotopic (exact) mass is 278 g/mol. The Labute approximate surface area is 116 Å². The van der Waals surface area contributed by atoms with Gasteiger partial charge < -0.3 is 5.32 Å². The molecule has 0 saturated heterocycles. The Kier molecular flexibility index (Phi) is 4.11. The summed E-state index contributed by atoms with van der Waals surface area (Å²) in [5.41, 5.74) is -0.750. The van der Waals surface area contributed by atoms with Gasteiger partial charge in [-0.25, -0.2) is 4.39 Å². The van der Waals surface area contributed by atoms with Crippen molar-refractivity contribution in [2.75, 3.05) is 5.75 Å². The van der Waals surface area contributed by atoms with Gasteiger partial charge in [0.1, 0.15) is 11.4 Å². The van der Waals surface area contributed by atoms with Gasteiger partial charge in [-0.15, -0.1) is 11.8 Å². The highest BCUT2D eigenvalue weighted by Gasteiger charge is 2.42. The lowest BCUT2D eigenvalue weighted by Gasteiger charge is -2.22. The average Bonchev–Trinajstić information content (AvgIpc) is 3.22. The van der Waals surface area contributed by atoms with Gasteiger partial charge in [0, 0.05) is 4.90 Å². The van der Waals surface area contributed by atoms with Crippen molar-refractivity contribution in [1.29, 1.82) is 5.26 Å². The van der Waals surface area contributed by atoms with Crippen LogP contribution in [0.15, 0.2) is 29.2 Å². The van der Waals surface area contributed by atoms with Crippen LogP contribution in [0.1, 0.15) is 19.8 Å². The summed E-state index contributed by atoms with van der Waals surface area (Å²) in [6, 6.07) is 8.19. The van der Waals surface area contributed by atoms with Crippen molar-refractivity contribution in [2.24, 2.45) is 5.92 Å². The van der Waals surface area contributed by atoms with E-state index < -0.39 is 5.54 Å². The highest BCUT2D eigenvalue weighted by molar-refractivity contribution is 8.00. The predicted octanol–water partition coefficient (Wildman–Crippen LogP) is 2.73. The molecule has 0 radical (unpaired) electrons. The minimum atomic E-state index is -0.750. The Hall–Kier alpha value is -1.54. The molecule has 1 N–H and O–H groups in total. The highest BCUT2D eigenvalue weighted by Crippen LogP contribution is 2.39. The van der Waals surface area contributed by atoms with Crippen LogP contribution in [0.4, 0.5) is 4.39 Å². The molecule has 100 valence electrons. The van der Waals surface area contributed by atoms with Gasteiger partial charge in [-0.3, -0.25) is 4.79 Å². The number of thioether (sulfide) groups is 1. The quantitative estimate of drug-likeness (QED) is 0.843. The molecule has 0 spiro atoms. The van der Waals surface area contributed by atoms with Crippen LogP contribution in [0.25, 0.3) is 0 Å². The smallest absolute Gasteiger partial charge is 0.231 e. The van der Waals surface area contributed by atoms with Crippen LogP contribution in [0.5, 0.6) is 0 Å². The predicted molar refractivity (Wildman–Crippen MR) is 72.0 cm³/mol. The normalized spacial score (nSPS) is 17.3. The summed E-state index contributed by atoms with van der Waals surface area (Å²) in [5.74, 6) is 0.0532. The number of carbonyl (C=O) groups is 1. The minimum absolute atomic E-state index is 0.162. The first kappa shape index (κ1) is 13.9. The number of carbonyl (C=O) groups excluding carboxylic acids is 1. The molecule has 0 bridgehead atoms. The summed E-state index contributed by atoms with van der Waals surface area (Å²) in [6.07, 6.45) is 1.99. The standard InChI is InChI=1S/C14H15FN2OS/c1-14(9-16,10-2-3-10)17-13(18)8-19-12-6-4-11(15)5-7-12/h4-7,10H,2-3,8H2,1H3,(H,17,18)/t14-/m1/s1. The molecule has 1 amide bonds.